The van der Waals surface area contributed by atoms with Gasteiger partial charge in [0, 0.05) is 13.2 Å². The van der Waals surface area contributed by atoms with Gasteiger partial charge in [-0.15, -0.1) is 0 Å². The number of hydrogen-bond donors (Lipinski definition) is 4. The van der Waals surface area contributed by atoms with E-state index in [1.54, 1.807) is 0 Å². The molecule has 0 radical (unpaired) electrons. The summed E-state index contributed by atoms with van der Waals surface area (Å²) in [6.07, 6.45) is 1.46. The van der Waals surface area contributed by atoms with Gasteiger partial charge >= 0.3 is 5.97 Å². The zero-order valence-corrected chi connectivity index (χ0v) is 11.7. The number of nitrogens with two attached hydrogens (primary N) is 1. The van der Waals surface area contributed by atoms with Crippen molar-refractivity contribution in [2.24, 2.45) is 5.41 Å². The Bertz CT molecular complexity index is 490. The summed E-state index contributed by atoms with van der Waals surface area (Å²) in [5, 5.41) is 21.0. The van der Waals surface area contributed by atoms with E-state index in [1.165, 1.54) is 6.07 Å². The fourth-order valence-corrected chi connectivity index (χ4v) is 1.95. The lowest BCUT2D eigenvalue weighted by atomic mass is 9.87. The molecular weight excluding hydrogens is 263 g/mol. The maximum absolute atomic E-state index is 13.3. The maximum Gasteiger partial charge on any atom is 0.340 e. The molecule has 0 saturated heterocycles. The SMILES string of the molecule is CC(C)(CCCO)CNc1ccc(F)c(N)c1C(=O)O. The molecule has 0 spiro atoms. The Balaban J connectivity index is 2.88. The van der Waals surface area contributed by atoms with Crippen molar-refractivity contribution in [1.82, 2.24) is 0 Å². The van der Waals surface area contributed by atoms with Crippen molar-refractivity contribution in [2.45, 2.75) is 26.7 Å². The van der Waals surface area contributed by atoms with Crippen molar-refractivity contribution >= 4 is 17.3 Å². The van der Waals surface area contributed by atoms with Gasteiger partial charge in [0.2, 0.25) is 0 Å². The van der Waals surface area contributed by atoms with Crippen LogP contribution >= 0.6 is 0 Å². The average molecular weight is 284 g/mol. The van der Waals surface area contributed by atoms with E-state index in [2.05, 4.69) is 5.32 Å². The third kappa shape index (κ3) is 4.09. The Morgan fingerprint density at radius 3 is 2.65 bits per heavy atom. The van der Waals surface area contributed by atoms with Crippen LogP contribution in [0.15, 0.2) is 12.1 Å². The minimum absolute atomic E-state index is 0.118. The lowest BCUT2D eigenvalue weighted by Crippen LogP contribution is -2.24. The summed E-state index contributed by atoms with van der Waals surface area (Å²) in [6.45, 7) is 4.62. The fourth-order valence-electron chi connectivity index (χ4n) is 1.95. The van der Waals surface area contributed by atoms with Gasteiger partial charge in [-0.05, 0) is 30.4 Å². The van der Waals surface area contributed by atoms with Crippen molar-refractivity contribution < 1.29 is 19.4 Å². The van der Waals surface area contributed by atoms with Crippen LogP contribution in [0.25, 0.3) is 0 Å². The van der Waals surface area contributed by atoms with Gasteiger partial charge in [-0.2, -0.15) is 0 Å². The first-order chi connectivity index (χ1) is 9.28. The molecule has 5 nitrogen and oxygen atoms in total. The monoisotopic (exact) mass is 284 g/mol. The van der Waals surface area contributed by atoms with Gasteiger partial charge in [-0.25, -0.2) is 9.18 Å². The molecule has 1 aromatic rings. The standard InChI is InChI=1S/C14H21FN2O3/c1-14(2,6-3-7-18)8-17-10-5-4-9(15)12(16)11(10)13(19)20/h4-5,17-18H,3,6-8,16H2,1-2H3,(H,19,20). The Morgan fingerprint density at radius 1 is 1.45 bits per heavy atom. The van der Waals surface area contributed by atoms with Gasteiger partial charge in [-0.1, -0.05) is 13.8 Å². The van der Waals surface area contributed by atoms with Gasteiger partial charge in [0.15, 0.2) is 0 Å². The van der Waals surface area contributed by atoms with Gasteiger partial charge in [0.1, 0.15) is 11.4 Å². The number of carboxylic acids is 1. The molecule has 5 N–H and O–H groups in total. The van der Waals surface area contributed by atoms with Crippen LogP contribution in [-0.2, 0) is 0 Å². The molecule has 0 aliphatic heterocycles. The van der Waals surface area contributed by atoms with Crippen molar-refractivity contribution in [3.63, 3.8) is 0 Å². The first kappa shape index (κ1) is 16.2. The van der Waals surface area contributed by atoms with Crippen LogP contribution in [0.1, 0.15) is 37.0 Å². The van der Waals surface area contributed by atoms with Gasteiger partial charge < -0.3 is 21.3 Å². The number of rotatable bonds is 7. The van der Waals surface area contributed by atoms with Crippen molar-refractivity contribution in [2.75, 3.05) is 24.2 Å². The second-order valence-electron chi connectivity index (χ2n) is 5.53. The Hall–Kier alpha value is -1.82. The van der Waals surface area contributed by atoms with Crippen LogP contribution < -0.4 is 11.1 Å². The maximum atomic E-state index is 13.3. The van der Waals surface area contributed by atoms with E-state index in [0.717, 1.165) is 12.5 Å². The van der Waals surface area contributed by atoms with Crippen molar-refractivity contribution in [3.05, 3.63) is 23.5 Å². The molecule has 112 valence electrons. The topological polar surface area (TPSA) is 95.6 Å². The third-order valence-corrected chi connectivity index (χ3v) is 3.18. The van der Waals surface area contributed by atoms with Crippen LogP contribution in [0, 0.1) is 11.2 Å². The first-order valence-corrected chi connectivity index (χ1v) is 6.44. The average Bonchev–Trinajstić information content (AvgIpc) is 2.37. The molecule has 0 saturated carbocycles. The quantitative estimate of drug-likeness (QED) is 0.576. The predicted molar refractivity (Wildman–Crippen MR) is 76.4 cm³/mol. The molecule has 0 heterocycles. The molecule has 20 heavy (non-hydrogen) atoms. The summed E-state index contributed by atoms with van der Waals surface area (Å²) in [4.78, 5) is 11.2. The minimum Gasteiger partial charge on any atom is -0.478 e. The summed E-state index contributed by atoms with van der Waals surface area (Å²) < 4.78 is 13.3. The number of nitrogen functional groups attached to an aromatic ring is 1. The first-order valence-electron chi connectivity index (χ1n) is 6.44. The number of aliphatic hydroxyl groups excluding tert-OH is 1. The number of hydrogen-bond acceptors (Lipinski definition) is 4. The van der Waals surface area contributed by atoms with Gasteiger partial charge in [0.25, 0.3) is 0 Å². The minimum atomic E-state index is -1.27. The molecule has 1 rings (SSSR count). The van der Waals surface area contributed by atoms with E-state index in [-0.39, 0.29) is 23.3 Å². The molecule has 0 amide bonds. The van der Waals surface area contributed by atoms with Crippen LogP contribution in [0.2, 0.25) is 0 Å². The summed E-state index contributed by atoms with van der Waals surface area (Å²) in [7, 11) is 0. The van der Waals surface area contributed by atoms with Crippen LogP contribution in [0.4, 0.5) is 15.8 Å². The third-order valence-electron chi connectivity index (χ3n) is 3.18. The van der Waals surface area contributed by atoms with E-state index in [0.29, 0.717) is 18.7 Å². The number of anilines is 2. The smallest absolute Gasteiger partial charge is 0.340 e. The van der Waals surface area contributed by atoms with E-state index in [4.69, 9.17) is 15.9 Å². The molecule has 0 aliphatic rings. The normalized spacial score (nSPS) is 11.4. The highest BCUT2D eigenvalue weighted by Gasteiger charge is 2.21. The highest BCUT2D eigenvalue weighted by atomic mass is 19.1. The van der Waals surface area contributed by atoms with Crippen LogP contribution in [0.3, 0.4) is 0 Å². The molecular formula is C14H21FN2O3. The van der Waals surface area contributed by atoms with Crippen molar-refractivity contribution in [1.29, 1.82) is 0 Å². The summed E-state index contributed by atoms with van der Waals surface area (Å²) >= 11 is 0. The van der Waals surface area contributed by atoms with Gasteiger partial charge in [-0.3, -0.25) is 0 Å². The Morgan fingerprint density at radius 2 is 2.10 bits per heavy atom. The molecule has 0 aromatic heterocycles. The molecule has 1 aromatic carbocycles. The summed E-state index contributed by atoms with van der Waals surface area (Å²) in [5.74, 6) is -2.01. The Kier molecular flexibility index (Phi) is 5.33. The number of benzene rings is 1. The molecule has 0 fully saturated rings. The number of carbonyl (C=O) groups is 1. The lowest BCUT2D eigenvalue weighted by Gasteiger charge is -2.26. The molecule has 0 unspecified atom stereocenters. The number of aliphatic hydroxyl groups is 1. The van der Waals surface area contributed by atoms with E-state index in [1.807, 2.05) is 13.8 Å². The molecule has 0 aliphatic carbocycles. The summed E-state index contributed by atoms with van der Waals surface area (Å²) in [6, 6.07) is 2.52. The fraction of sp³-hybridized carbons (Fsp3) is 0.500. The van der Waals surface area contributed by atoms with Crippen LogP contribution in [-0.4, -0.2) is 29.3 Å². The van der Waals surface area contributed by atoms with Crippen LogP contribution in [0.5, 0.6) is 0 Å². The molecule has 0 bridgehead atoms. The number of nitrogens with one attached hydrogen (secondary N) is 1. The highest BCUT2D eigenvalue weighted by molar-refractivity contribution is 6.00. The van der Waals surface area contributed by atoms with E-state index < -0.39 is 11.8 Å². The number of carboxylic acid groups (broad SMARTS) is 1. The molecule has 6 heteroatoms. The second-order valence-corrected chi connectivity index (χ2v) is 5.53. The second kappa shape index (κ2) is 6.56. The number of aromatic carboxylic acids is 1. The van der Waals surface area contributed by atoms with Gasteiger partial charge in [0.05, 0.1) is 11.4 Å². The highest BCUT2D eigenvalue weighted by Crippen LogP contribution is 2.28. The van der Waals surface area contributed by atoms with Crippen molar-refractivity contribution in [3.8, 4) is 0 Å². The molecule has 0 atom stereocenters. The number of halogens is 1. The zero-order valence-electron chi connectivity index (χ0n) is 11.7. The predicted octanol–water partition coefficient (Wildman–Crippen LogP) is 2.32. The Labute approximate surface area is 117 Å². The van der Waals surface area contributed by atoms with E-state index in [9.17, 15) is 9.18 Å². The zero-order chi connectivity index (χ0) is 15.3. The lowest BCUT2D eigenvalue weighted by molar-refractivity contribution is 0.0698. The summed E-state index contributed by atoms with van der Waals surface area (Å²) in [5.41, 5.74) is 5.04. The van der Waals surface area contributed by atoms with E-state index >= 15 is 0 Å². The largest absolute Gasteiger partial charge is 0.478 e.